The van der Waals surface area contributed by atoms with Gasteiger partial charge in [-0.1, -0.05) is 104 Å². The number of allylic oxidation sites excluding steroid dienone is 2. The quantitative estimate of drug-likeness (QED) is 0.313. The summed E-state index contributed by atoms with van der Waals surface area (Å²) < 4.78 is 0.871. The van der Waals surface area contributed by atoms with Crippen LogP contribution in [0.3, 0.4) is 0 Å². The monoisotopic (exact) mass is 532 g/mol. The summed E-state index contributed by atoms with van der Waals surface area (Å²) in [6, 6.07) is 12.1. The highest BCUT2D eigenvalue weighted by molar-refractivity contribution is 14.1. The molecule has 0 radical (unpaired) electrons. The summed E-state index contributed by atoms with van der Waals surface area (Å²) in [4.78, 5) is 0. The van der Waals surface area contributed by atoms with E-state index in [-0.39, 0.29) is 0 Å². The van der Waals surface area contributed by atoms with Gasteiger partial charge in [-0.25, -0.2) is 0 Å². The van der Waals surface area contributed by atoms with Gasteiger partial charge in [0.15, 0.2) is 0 Å². The van der Waals surface area contributed by atoms with Gasteiger partial charge in [0.05, 0.1) is 0 Å². The van der Waals surface area contributed by atoms with Crippen molar-refractivity contribution in [3.8, 4) is 0 Å². The first-order chi connectivity index (χ1) is 15.3. The molecule has 1 saturated carbocycles. The molecule has 2 N–H and O–H groups in total. The summed E-state index contributed by atoms with van der Waals surface area (Å²) in [6.07, 6.45) is 22.8. The van der Waals surface area contributed by atoms with Gasteiger partial charge in [0.1, 0.15) is 0 Å². The summed E-state index contributed by atoms with van der Waals surface area (Å²) >= 11 is 2.64. The van der Waals surface area contributed by atoms with Crippen molar-refractivity contribution >= 4 is 28.2 Å². The zero-order valence-electron chi connectivity index (χ0n) is 19.1. The first-order valence-corrected chi connectivity index (χ1v) is 14.2. The van der Waals surface area contributed by atoms with Gasteiger partial charge in [-0.2, -0.15) is 0 Å². The Balaban J connectivity index is 1.56. The molecular weight excluding hydrogens is 491 g/mol. The van der Waals surface area contributed by atoms with Gasteiger partial charge in [0, 0.05) is 27.6 Å². The topological polar surface area (TPSA) is 24.1 Å². The Morgan fingerprint density at radius 1 is 0.774 bits per heavy atom. The zero-order valence-corrected chi connectivity index (χ0v) is 21.3. The minimum atomic E-state index is 0.448. The lowest BCUT2D eigenvalue weighted by Gasteiger charge is -2.36. The molecule has 0 bridgehead atoms. The van der Waals surface area contributed by atoms with Crippen LogP contribution in [-0.4, -0.2) is 22.6 Å². The van der Waals surface area contributed by atoms with Crippen molar-refractivity contribution in [1.29, 1.82) is 0 Å². The Morgan fingerprint density at radius 3 is 2.19 bits per heavy atom. The zero-order chi connectivity index (χ0) is 21.3. The van der Waals surface area contributed by atoms with Crippen LogP contribution in [0.25, 0.3) is 5.57 Å². The highest BCUT2D eigenvalue weighted by Gasteiger charge is 2.30. The number of rotatable bonds is 3. The van der Waals surface area contributed by atoms with E-state index in [4.69, 9.17) is 0 Å². The van der Waals surface area contributed by atoms with Crippen LogP contribution in [0, 0.1) is 5.92 Å². The maximum atomic E-state index is 4.08. The average Bonchev–Trinajstić information content (AvgIpc) is 2.82. The molecule has 2 unspecified atom stereocenters. The van der Waals surface area contributed by atoms with E-state index >= 15 is 0 Å². The molecule has 2 aliphatic carbocycles. The number of hydrogen-bond acceptors (Lipinski definition) is 2. The third-order valence-corrected chi connectivity index (χ3v) is 8.71. The van der Waals surface area contributed by atoms with Crippen LogP contribution in [0.15, 0.2) is 48.2 Å². The highest BCUT2D eigenvalue weighted by atomic mass is 127. The second-order valence-corrected chi connectivity index (χ2v) is 11.6. The van der Waals surface area contributed by atoms with Crippen LogP contribution < -0.4 is 10.6 Å². The molecule has 3 aliphatic rings. The molecular formula is C28H41IN2. The second-order valence-electron chi connectivity index (χ2n) is 9.88. The van der Waals surface area contributed by atoms with Gasteiger partial charge in [-0.15, -0.1) is 0 Å². The summed E-state index contributed by atoms with van der Waals surface area (Å²) in [6.45, 7) is 1.15. The maximum Gasteiger partial charge on any atom is 0.0342 e. The fourth-order valence-electron chi connectivity index (χ4n) is 5.57. The molecule has 1 heterocycles. The first kappa shape index (κ1) is 23.4. The van der Waals surface area contributed by atoms with Gasteiger partial charge < -0.3 is 10.6 Å². The molecule has 2 fully saturated rings. The van der Waals surface area contributed by atoms with E-state index in [1.165, 1.54) is 100 Å². The molecule has 1 aromatic carbocycles. The number of fused-ring (bicyclic) bond motifs is 1. The average molecular weight is 533 g/mol. The Labute approximate surface area is 203 Å². The largest absolute Gasteiger partial charge is 0.385 e. The van der Waals surface area contributed by atoms with Crippen molar-refractivity contribution < 1.29 is 0 Å². The predicted octanol–water partition coefficient (Wildman–Crippen LogP) is 7.40. The highest BCUT2D eigenvalue weighted by Crippen LogP contribution is 2.34. The van der Waals surface area contributed by atoms with E-state index in [1.807, 2.05) is 0 Å². The van der Waals surface area contributed by atoms with E-state index in [1.54, 1.807) is 0 Å². The molecule has 1 aromatic rings. The van der Waals surface area contributed by atoms with Crippen LogP contribution in [0.1, 0.15) is 89.0 Å². The third-order valence-electron chi connectivity index (χ3n) is 7.46. The van der Waals surface area contributed by atoms with E-state index in [0.717, 1.165) is 10.5 Å². The van der Waals surface area contributed by atoms with Crippen molar-refractivity contribution in [2.24, 2.45) is 5.92 Å². The van der Waals surface area contributed by atoms with E-state index < -0.39 is 0 Å². The molecule has 1 aliphatic heterocycles. The molecule has 3 heteroatoms. The van der Waals surface area contributed by atoms with E-state index in [2.05, 4.69) is 75.7 Å². The third kappa shape index (κ3) is 7.08. The fourth-order valence-corrected chi connectivity index (χ4v) is 6.29. The standard InChI is InChI=1S/C28H41IN2/c29-24-15-17-25(18-16-24)31-28-21-23(22-12-8-7-9-13-22)20-27-26(28)14-10-5-3-1-2-4-6-11-19-30-27/h7-9,12-13,20-21,24-27,30-31H,1-6,10-11,14-19H2/t24-,25+,26?,27?. The van der Waals surface area contributed by atoms with Gasteiger partial charge >= 0.3 is 0 Å². The Kier molecular flexibility index (Phi) is 9.37. The smallest absolute Gasteiger partial charge is 0.0342 e. The van der Waals surface area contributed by atoms with Gasteiger partial charge in [0.2, 0.25) is 0 Å². The molecule has 1 saturated heterocycles. The van der Waals surface area contributed by atoms with Crippen molar-refractivity contribution in [2.45, 2.75) is 99.5 Å². The first-order valence-electron chi connectivity index (χ1n) is 12.9. The lowest BCUT2D eigenvalue weighted by Crippen LogP contribution is -2.44. The van der Waals surface area contributed by atoms with Crippen molar-refractivity contribution in [3.05, 3.63) is 53.7 Å². The minimum Gasteiger partial charge on any atom is -0.385 e. The van der Waals surface area contributed by atoms with Crippen molar-refractivity contribution in [2.75, 3.05) is 6.54 Å². The summed E-state index contributed by atoms with van der Waals surface area (Å²) in [5.41, 5.74) is 4.25. The summed E-state index contributed by atoms with van der Waals surface area (Å²) in [5.74, 6) is 0.588. The summed E-state index contributed by atoms with van der Waals surface area (Å²) in [5, 5.41) is 8.05. The van der Waals surface area contributed by atoms with Gasteiger partial charge in [0.25, 0.3) is 0 Å². The number of benzene rings is 1. The molecule has 0 spiro atoms. The van der Waals surface area contributed by atoms with E-state index in [9.17, 15) is 0 Å². The molecule has 0 amide bonds. The molecule has 0 aromatic heterocycles. The van der Waals surface area contributed by atoms with Crippen LogP contribution in [0.5, 0.6) is 0 Å². The number of halogens is 1. The minimum absolute atomic E-state index is 0.448. The number of alkyl halides is 1. The molecule has 4 rings (SSSR count). The molecule has 170 valence electrons. The molecule has 2 atom stereocenters. The van der Waals surface area contributed by atoms with Crippen LogP contribution in [0.4, 0.5) is 0 Å². The van der Waals surface area contributed by atoms with Crippen LogP contribution >= 0.6 is 22.6 Å². The van der Waals surface area contributed by atoms with E-state index in [0.29, 0.717) is 18.0 Å². The van der Waals surface area contributed by atoms with Gasteiger partial charge in [-0.05, 0) is 62.3 Å². The maximum absolute atomic E-state index is 4.08. The Morgan fingerprint density at radius 2 is 1.45 bits per heavy atom. The molecule has 31 heavy (non-hydrogen) atoms. The normalized spacial score (nSPS) is 31.1. The lowest BCUT2D eigenvalue weighted by atomic mass is 9.82. The summed E-state index contributed by atoms with van der Waals surface area (Å²) in [7, 11) is 0. The Bertz CT molecular complexity index is 718. The van der Waals surface area contributed by atoms with Crippen LogP contribution in [-0.2, 0) is 0 Å². The number of nitrogens with one attached hydrogen (secondary N) is 2. The SMILES string of the molecule is I[C@H]1CC[C@@H](NC2=CC(c3ccccc3)=CC3NCCCCCCCCCCC23)CC1. The predicted molar refractivity (Wildman–Crippen MR) is 143 cm³/mol. The van der Waals surface area contributed by atoms with Gasteiger partial charge in [-0.3, -0.25) is 0 Å². The lowest BCUT2D eigenvalue weighted by molar-refractivity contribution is 0.350. The van der Waals surface area contributed by atoms with Crippen molar-refractivity contribution in [1.82, 2.24) is 10.6 Å². The fraction of sp³-hybridized carbons (Fsp3) is 0.643. The molecule has 2 nitrogen and oxygen atoms in total. The Hall–Kier alpha value is -0.810. The van der Waals surface area contributed by atoms with Crippen molar-refractivity contribution in [3.63, 3.8) is 0 Å². The second kappa shape index (κ2) is 12.4. The van der Waals surface area contributed by atoms with Crippen LogP contribution in [0.2, 0.25) is 0 Å². The number of hydrogen-bond donors (Lipinski definition) is 2.